The van der Waals surface area contributed by atoms with Gasteiger partial charge in [-0.15, -0.1) is 0 Å². The number of hydrogen-bond donors (Lipinski definition) is 1. The Morgan fingerprint density at radius 2 is 1.75 bits per heavy atom. The molecule has 2 fully saturated rings. The number of nitrogens with one attached hydrogen (secondary N) is 1. The van der Waals surface area contributed by atoms with Crippen molar-refractivity contribution in [1.29, 1.82) is 0 Å². The van der Waals surface area contributed by atoms with Crippen molar-refractivity contribution in [2.24, 2.45) is 5.92 Å². The molecule has 1 aromatic carbocycles. The molecule has 1 heterocycles. The summed E-state index contributed by atoms with van der Waals surface area (Å²) in [6, 6.07) is 11.8. The summed E-state index contributed by atoms with van der Waals surface area (Å²) in [4.78, 5) is 2.62. The highest BCUT2D eigenvalue weighted by molar-refractivity contribution is 5.14. The maximum Gasteiger partial charge on any atom is 0.0233 e. The smallest absolute Gasteiger partial charge is 0.0233 e. The zero-order valence-corrected chi connectivity index (χ0v) is 12.6. The molecule has 110 valence electrons. The maximum atomic E-state index is 3.63. The summed E-state index contributed by atoms with van der Waals surface area (Å²) in [5.41, 5.74) is 1.46. The van der Waals surface area contributed by atoms with Crippen LogP contribution in [0.25, 0.3) is 0 Å². The van der Waals surface area contributed by atoms with Gasteiger partial charge in [0.15, 0.2) is 0 Å². The fourth-order valence-corrected chi connectivity index (χ4v) is 3.26. The Kier molecular flexibility index (Phi) is 5.10. The Morgan fingerprint density at radius 3 is 2.45 bits per heavy atom. The maximum absolute atomic E-state index is 3.63. The number of benzene rings is 1. The van der Waals surface area contributed by atoms with Crippen LogP contribution in [-0.4, -0.2) is 30.6 Å². The van der Waals surface area contributed by atoms with E-state index in [1.807, 2.05) is 0 Å². The molecule has 20 heavy (non-hydrogen) atoms. The molecule has 0 radical (unpaired) electrons. The monoisotopic (exact) mass is 272 g/mol. The molecule has 2 heteroatoms. The molecule has 0 atom stereocenters. The van der Waals surface area contributed by atoms with Crippen LogP contribution < -0.4 is 5.32 Å². The largest absolute Gasteiger partial charge is 0.314 e. The molecular formula is C18H28N2. The molecule has 1 N–H and O–H groups in total. The lowest BCUT2D eigenvalue weighted by Crippen LogP contribution is -2.33. The summed E-state index contributed by atoms with van der Waals surface area (Å²) in [6.07, 6.45) is 8.43. The highest BCUT2D eigenvalue weighted by Gasteiger charge is 2.21. The minimum Gasteiger partial charge on any atom is -0.314 e. The molecule has 0 spiro atoms. The van der Waals surface area contributed by atoms with Crippen LogP contribution in [0.1, 0.15) is 44.1 Å². The predicted octanol–water partition coefficient (Wildman–Crippen LogP) is 3.43. The van der Waals surface area contributed by atoms with Crippen LogP contribution in [0, 0.1) is 5.92 Å². The molecule has 1 aromatic rings. The SMILES string of the molecule is c1ccc(CN2CCC(CCCNC3CC3)CC2)cc1. The first-order valence-corrected chi connectivity index (χ1v) is 8.40. The van der Waals surface area contributed by atoms with Crippen LogP contribution in [0.2, 0.25) is 0 Å². The zero-order valence-electron chi connectivity index (χ0n) is 12.6. The van der Waals surface area contributed by atoms with Gasteiger partial charge < -0.3 is 5.32 Å². The fourth-order valence-electron chi connectivity index (χ4n) is 3.26. The summed E-state index contributed by atoms with van der Waals surface area (Å²) in [6.45, 7) is 4.96. The van der Waals surface area contributed by atoms with E-state index in [0.29, 0.717) is 0 Å². The summed E-state index contributed by atoms with van der Waals surface area (Å²) < 4.78 is 0. The van der Waals surface area contributed by atoms with Crippen LogP contribution in [0.4, 0.5) is 0 Å². The van der Waals surface area contributed by atoms with Gasteiger partial charge in [0, 0.05) is 12.6 Å². The first-order valence-electron chi connectivity index (χ1n) is 8.40. The van der Waals surface area contributed by atoms with Gasteiger partial charge in [0.1, 0.15) is 0 Å². The van der Waals surface area contributed by atoms with Crippen molar-refractivity contribution in [1.82, 2.24) is 10.2 Å². The van der Waals surface area contributed by atoms with E-state index in [1.165, 1.54) is 63.7 Å². The topological polar surface area (TPSA) is 15.3 Å². The lowest BCUT2D eigenvalue weighted by atomic mass is 9.92. The molecule has 3 rings (SSSR count). The van der Waals surface area contributed by atoms with Gasteiger partial charge in [-0.2, -0.15) is 0 Å². The Labute approximate surface area is 123 Å². The molecule has 1 saturated heterocycles. The third-order valence-electron chi connectivity index (χ3n) is 4.76. The second kappa shape index (κ2) is 7.24. The molecule has 1 aliphatic heterocycles. The minimum atomic E-state index is 0.878. The summed E-state index contributed by atoms with van der Waals surface area (Å²) in [5.74, 6) is 0.975. The van der Waals surface area contributed by atoms with Crippen molar-refractivity contribution in [2.75, 3.05) is 19.6 Å². The Bertz CT molecular complexity index is 378. The van der Waals surface area contributed by atoms with Crippen LogP contribution in [-0.2, 0) is 6.54 Å². The highest BCUT2D eigenvalue weighted by atomic mass is 15.1. The third-order valence-corrected chi connectivity index (χ3v) is 4.76. The quantitative estimate of drug-likeness (QED) is 0.765. The predicted molar refractivity (Wildman–Crippen MR) is 84.7 cm³/mol. The number of hydrogen-bond acceptors (Lipinski definition) is 2. The summed E-state index contributed by atoms with van der Waals surface area (Å²) >= 11 is 0. The van der Waals surface area contributed by atoms with E-state index in [-0.39, 0.29) is 0 Å². The molecular weight excluding hydrogens is 244 g/mol. The molecule has 2 aliphatic rings. The highest BCUT2D eigenvalue weighted by Crippen LogP contribution is 2.23. The second-order valence-electron chi connectivity index (χ2n) is 6.58. The molecule has 0 unspecified atom stereocenters. The minimum absolute atomic E-state index is 0.878. The number of piperidine rings is 1. The normalized spacial score (nSPS) is 21.2. The van der Waals surface area contributed by atoms with E-state index in [2.05, 4.69) is 40.5 Å². The lowest BCUT2D eigenvalue weighted by Gasteiger charge is -2.32. The number of likely N-dealkylation sites (tertiary alicyclic amines) is 1. The molecule has 0 bridgehead atoms. The summed E-state index contributed by atoms with van der Waals surface area (Å²) in [7, 11) is 0. The van der Waals surface area contributed by atoms with Gasteiger partial charge in [-0.05, 0) is 69.6 Å². The van der Waals surface area contributed by atoms with Crippen molar-refractivity contribution < 1.29 is 0 Å². The number of nitrogens with zero attached hydrogens (tertiary/aromatic N) is 1. The van der Waals surface area contributed by atoms with Gasteiger partial charge in [0.2, 0.25) is 0 Å². The van der Waals surface area contributed by atoms with Gasteiger partial charge in [-0.25, -0.2) is 0 Å². The van der Waals surface area contributed by atoms with Crippen molar-refractivity contribution in [2.45, 2.75) is 51.1 Å². The number of rotatable bonds is 7. The van der Waals surface area contributed by atoms with Crippen molar-refractivity contribution >= 4 is 0 Å². The van der Waals surface area contributed by atoms with Gasteiger partial charge in [-0.3, -0.25) is 4.90 Å². The van der Waals surface area contributed by atoms with Crippen LogP contribution in [0.15, 0.2) is 30.3 Å². The third kappa shape index (κ3) is 4.60. The Morgan fingerprint density at radius 1 is 1.00 bits per heavy atom. The first kappa shape index (κ1) is 14.1. The van der Waals surface area contributed by atoms with E-state index >= 15 is 0 Å². The van der Waals surface area contributed by atoms with Crippen LogP contribution >= 0.6 is 0 Å². The van der Waals surface area contributed by atoms with Gasteiger partial charge >= 0.3 is 0 Å². The molecule has 1 saturated carbocycles. The Balaban J connectivity index is 1.30. The standard InChI is InChI=1S/C18H28N2/c1-2-5-17(6-3-1)15-20-13-10-16(11-14-20)7-4-12-19-18-8-9-18/h1-3,5-6,16,18-19H,4,7-15H2. The van der Waals surface area contributed by atoms with E-state index in [9.17, 15) is 0 Å². The van der Waals surface area contributed by atoms with E-state index in [4.69, 9.17) is 0 Å². The van der Waals surface area contributed by atoms with E-state index in [1.54, 1.807) is 0 Å². The van der Waals surface area contributed by atoms with Gasteiger partial charge in [0.05, 0.1) is 0 Å². The van der Waals surface area contributed by atoms with Crippen LogP contribution in [0.5, 0.6) is 0 Å². The first-order chi connectivity index (χ1) is 9.90. The zero-order chi connectivity index (χ0) is 13.6. The van der Waals surface area contributed by atoms with E-state index < -0.39 is 0 Å². The van der Waals surface area contributed by atoms with Gasteiger partial charge in [-0.1, -0.05) is 30.3 Å². The molecule has 0 amide bonds. The Hall–Kier alpha value is -0.860. The summed E-state index contributed by atoms with van der Waals surface area (Å²) in [5, 5.41) is 3.63. The van der Waals surface area contributed by atoms with Crippen molar-refractivity contribution in [3.63, 3.8) is 0 Å². The fraction of sp³-hybridized carbons (Fsp3) is 0.667. The molecule has 0 aromatic heterocycles. The second-order valence-corrected chi connectivity index (χ2v) is 6.58. The van der Waals surface area contributed by atoms with Crippen LogP contribution in [0.3, 0.4) is 0 Å². The van der Waals surface area contributed by atoms with Crippen molar-refractivity contribution in [3.05, 3.63) is 35.9 Å². The van der Waals surface area contributed by atoms with E-state index in [0.717, 1.165) is 18.5 Å². The van der Waals surface area contributed by atoms with Gasteiger partial charge in [0.25, 0.3) is 0 Å². The molecule has 1 aliphatic carbocycles. The average Bonchev–Trinajstić information content (AvgIpc) is 3.31. The molecule has 2 nitrogen and oxygen atoms in total. The lowest BCUT2D eigenvalue weighted by molar-refractivity contribution is 0.171. The average molecular weight is 272 g/mol. The van der Waals surface area contributed by atoms with Crippen molar-refractivity contribution in [3.8, 4) is 0 Å².